The van der Waals surface area contributed by atoms with Crippen molar-refractivity contribution >= 4 is 11.8 Å². The lowest BCUT2D eigenvalue weighted by Gasteiger charge is -2.19. The second kappa shape index (κ2) is 7.38. The van der Waals surface area contributed by atoms with Crippen molar-refractivity contribution in [1.29, 1.82) is 0 Å². The summed E-state index contributed by atoms with van der Waals surface area (Å²) in [6.45, 7) is 7.36. The molecule has 5 nitrogen and oxygen atoms in total. The van der Waals surface area contributed by atoms with Crippen molar-refractivity contribution < 1.29 is 14.3 Å². The second-order valence-electron chi connectivity index (χ2n) is 6.63. The molecule has 2 N–H and O–H groups in total. The Kier molecular flexibility index (Phi) is 5.52. The molecule has 1 amide bonds. The van der Waals surface area contributed by atoms with Gasteiger partial charge >= 0.3 is 6.09 Å². The highest BCUT2D eigenvalue weighted by atomic mass is 16.6. The minimum absolute atomic E-state index is 0.408. The highest BCUT2D eigenvalue weighted by Gasteiger charge is 2.20. The fraction of sp³-hybridized carbons (Fsp3) is 0.588. The summed E-state index contributed by atoms with van der Waals surface area (Å²) in [7, 11) is 0. The Balaban J connectivity index is 1.65. The zero-order valence-corrected chi connectivity index (χ0v) is 13.6. The van der Waals surface area contributed by atoms with E-state index >= 15 is 0 Å². The summed E-state index contributed by atoms with van der Waals surface area (Å²) >= 11 is 0. The lowest BCUT2D eigenvalue weighted by atomic mass is 10.2. The molecule has 0 heterocycles. The lowest BCUT2D eigenvalue weighted by Crippen LogP contribution is -2.34. The number of benzene rings is 1. The maximum Gasteiger partial charge on any atom is 0.407 e. The van der Waals surface area contributed by atoms with Crippen LogP contribution in [0.4, 0.5) is 10.5 Å². The molecule has 122 valence electrons. The number of alkyl carbamates (subject to hydrolysis) is 1. The second-order valence-corrected chi connectivity index (χ2v) is 6.63. The average Bonchev–Trinajstić information content (AvgIpc) is 3.24. The third-order valence-corrected chi connectivity index (χ3v) is 3.16. The van der Waals surface area contributed by atoms with Crippen LogP contribution < -0.4 is 15.4 Å². The van der Waals surface area contributed by atoms with Gasteiger partial charge in [-0.25, -0.2) is 4.79 Å². The number of ether oxygens (including phenoxy) is 2. The molecule has 1 aromatic carbocycles. The van der Waals surface area contributed by atoms with Gasteiger partial charge in [0.25, 0.3) is 0 Å². The molecule has 1 aliphatic rings. The van der Waals surface area contributed by atoms with Gasteiger partial charge in [0.2, 0.25) is 0 Å². The number of carbonyl (C=O) groups is 1. The molecule has 0 atom stereocenters. The van der Waals surface area contributed by atoms with E-state index in [1.807, 2.05) is 45.0 Å². The van der Waals surface area contributed by atoms with Crippen LogP contribution in [0, 0.1) is 5.92 Å². The number of rotatable bonds is 7. The van der Waals surface area contributed by atoms with Crippen LogP contribution in [-0.4, -0.2) is 31.4 Å². The summed E-state index contributed by atoms with van der Waals surface area (Å²) in [5.41, 5.74) is 0.594. The molecule has 22 heavy (non-hydrogen) atoms. The van der Waals surface area contributed by atoms with Crippen molar-refractivity contribution in [2.45, 2.75) is 39.2 Å². The molecule has 0 bridgehead atoms. The first-order chi connectivity index (χ1) is 10.4. The minimum atomic E-state index is -0.480. The van der Waals surface area contributed by atoms with Crippen LogP contribution >= 0.6 is 0 Å². The van der Waals surface area contributed by atoms with Crippen LogP contribution in [0.15, 0.2) is 24.3 Å². The Morgan fingerprint density at radius 3 is 2.77 bits per heavy atom. The SMILES string of the molecule is CC(C)(C)OC(=O)NCCOc1cccc(NCC2CC2)c1. The molecule has 1 saturated carbocycles. The van der Waals surface area contributed by atoms with Crippen molar-refractivity contribution in [3.63, 3.8) is 0 Å². The summed E-state index contributed by atoms with van der Waals surface area (Å²) in [6.07, 6.45) is 2.25. The van der Waals surface area contributed by atoms with E-state index in [4.69, 9.17) is 9.47 Å². The summed E-state index contributed by atoms with van der Waals surface area (Å²) in [4.78, 5) is 11.5. The number of hydrogen-bond acceptors (Lipinski definition) is 4. The van der Waals surface area contributed by atoms with Gasteiger partial charge in [0.15, 0.2) is 0 Å². The zero-order valence-electron chi connectivity index (χ0n) is 13.6. The van der Waals surface area contributed by atoms with Crippen LogP contribution in [0.1, 0.15) is 33.6 Å². The van der Waals surface area contributed by atoms with Gasteiger partial charge in [0.05, 0.1) is 6.54 Å². The van der Waals surface area contributed by atoms with Gasteiger partial charge in [0.1, 0.15) is 18.0 Å². The van der Waals surface area contributed by atoms with Gasteiger partial charge in [-0.1, -0.05) is 6.07 Å². The number of nitrogens with one attached hydrogen (secondary N) is 2. The number of hydrogen-bond donors (Lipinski definition) is 2. The largest absolute Gasteiger partial charge is 0.492 e. The van der Waals surface area contributed by atoms with Gasteiger partial charge in [-0.15, -0.1) is 0 Å². The van der Waals surface area contributed by atoms with Crippen molar-refractivity contribution in [3.8, 4) is 5.75 Å². The quantitative estimate of drug-likeness (QED) is 0.758. The Morgan fingerprint density at radius 2 is 2.09 bits per heavy atom. The Hall–Kier alpha value is -1.91. The highest BCUT2D eigenvalue weighted by Crippen LogP contribution is 2.29. The molecule has 0 unspecified atom stereocenters. The number of amides is 1. The minimum Gasteiger partial charge on any atom is -0.492 e. The van der Waals surface area contributed by atoms with E-state index in [0.717, 1.165) is 23.9 Å². The van der Waals surface area contributed by atoms with Gasteiger partial charge < -0.3 is 20.1 Å². The van der Waals surface area contributed by atoms with E-state index < -0.39 is 11.7 Å². The molecule has 1 fully saturated rings. The molecule has 0 spiro atoms. The standard InChI is InChI=1S/C17H26N2O3/c1-17(2,3)22-16(20)18-9-10-21-15-6-4-5-14(11-15)19-12-13-7-8-13/h4-6,11,13,19H,7-10,12H2,1-3H3,(H,18,20). The van der Waals surface area contributed by atoms with Gasteiger partial charge in [-0.2, -0.15) is 0 Å². The van der Waals surface area contributed by atoms with Crippen LogP contribution in [0.5, 0.6) is 5.75 Å². The zero-order chi connectivity index (χ0) is 16.0. The Morgan fingerprint density at radius 1 is 1.32 bits per heavy atom. The first-order valence-electron chi connectivity index (χ1n) is 7.86. The van der Waals surface area contributed by atoms with Crippen molar-refractivity contribution in [2.24, 2.45) is 5.92 Å². The van der Waals surface area contributed by atoms with Crippen LogP contribution in [0.2, 0.25) is 0 Å². The van der Waals surface area contributed by atoms with E-state index in [1.165, 1.54) is 12.8 Å². The molecular weight excluding hydrogens is 280 g/mol. The van der Waals surface area contributed by atoms with E-state index in [9.17, 15) is 4.79 Å². The Bertz CT molecular complexity index is 493. The van der Waals surface area contributed by atoms with Crippen LogP contribution in [0.3, 0.4) is 0 Å². The maximum atomic E-state index is 11.5. The fourth-order valence-corrected chi connectivity index (χ4v) is 1.92. The molecular formula is C17H26N2O3. The molecule has 0 aliphatic heterocycles. The van der Waals surface area contributed by atoms with Gasteiger partial charge in [-0.3, -0.25) is 0 Å². The van der Waals surface area contributed by atoms with Crippen molar-refractivity contribution in [1.82, 2.24) is 5.32 Å². The van der Waals surface area contributed by atoms with Crippen molar-refractivity contribution in [3.05, 3.63) is 24.3 Å². The van der Waals surface area contributed by atoms with E-state index in [2.05, 4.69) is 10.6 Å². The molecule has 1 aliphatic carbocycles. The predicted octanol–water partition coefficient (Wildman–Crippen LogP) is 3.41. The van der Waals surface area contributed by atoms with E-state index in [1.54, 1.807) is 0 Å². The summed E-state index contributed by atoms with van der Waals surface area (Å²) < 4.78 is 10.8. The average molecular weight is 306 g/mol. The highest BCUT2D eigenvalue weighted by molar-refractivity contribution is 5.67. The molecule has 5 heteroatoms. The van der Waals surface area contributed by atoms with E-state index in [-0.39, 0.29) is 0 Å². The molecule has 1 aromatic rings. The van der Waals surface area contributed by atoms with Gasteiger partial charge in [0, 0.05) is 18.3 Å². The smallest absolute Gasteiger partial charge is 0.407 e. The van der Waals surface area contributed by atoms with E-state index in [0.29, 0.717) is 13.2 Å². The lowest BCUT2D eigenvalue weighted by molar-refractivity contribution is 0.0520. The monoisotopic (exact) mass is 306 g/mol. The summed E-state index contributed by atoms with van der Waals surface area (Å²) in [5.74, 6) is 1.63. The maximum absolute atomic E-state index is 11.5. The molecule has 2 rings (SSSR count). The van der Waals surface area contributed by atoms with Crippen LogP contribution in [0.25, 0.3) is 0 Å². The molecule has 0 aromatic heterocycles. The third-order valence-electron chi connectivity index (χ3n) is 3.16. The van der Waals surface area contributed by atoms with Crippen molar-refractivity contribution in [2.75, 3.05) is 25.0 Å². The summed E-state index contributed by atoms with van der Waals surface area (Å²) in [6, 6.07) is 7.89. The normalized spacial score (nSPS) is 14.3. The predicted molar refractivity (Wildman–Crippen MR) is 87.4 cm³/mol. The Labute approximate surface area is 132 Å². The number of anilines is 1. The number of carbonyl (C=O) groups excluding carboxylic acids is 1. The van der Waals surface area contributed by atoms with Gasteiger partial charge in [-0.05, 0) is 51.7 Å². The molecule has 0 saturated heterocycles. The fourth-order valence-electron chi connectivity index (χ4n) is 1.92. The first-order valence-corrected chi connectivity index (χ1v) is 7.86. The summed E-state index contributed by atoms with van der Waals surface area (Å²) in [5, 5.41) is 6.08. The molecule has 0 radical (unpaired) electrons. The van der Waals surface area contributed by atoms with Crippen LogP contribution in [-0.2, 0) is 4.74 Å². The first kappa shape index (κ1) is 16.5. The third kappa shape index (κ3) is 6.70. The topological polar surface area (TPSA) is 59.6 Å².